The van der Waals surface area contributed by atoms with Crippen LogP contribution in [0.3, 0.4) is 0 Å². The Morgan fingerprint density at radius 3 is 2.12 bits per heavy atom. The van der Waals surface area contributed by atoms with E-state index in [2.05, 4.69) is 4.90 Å². The van der Waals surface area contributed by atoms with E-state index in [1.54, 1.807) is 12.1 Å². The van der Waals surface area contributed by atoms with E-state index in [0.29, 0.717) is 31.1 Å². The Labute approximate surface area is 149 Å². The van der Waals surface area contributed by atoms with Crippen LogP contribution in [0.4, 0.5) is 0 Å². The van der Waals surface area contributed by atoms with Gasteiger partial charge in [0.05, 0.1) is 12.0 Å². The number of carbonyl (C=O) groups is 1. The normalized spacial score (nSPS) is 22.0. The Balaban J connectivity index is 1.73. The van der Waals surface area contributed by atoms with Crippen LogP contribution in [-0.2, 0) is 19.6 Å². The SMILES string of the molecule is COC(=O)C1(N2CCN(S(=O)(=O)c3ccc(C)cc3)CC2)CCCC1. The second-order valence-electron chi connectivity index (χ2n) is 6.93. The fourth-order valence-corrected chi connectivity index (χ4v) is 5.44. The molecular formula is C18H26N2O4S. The van der Waals surface area contributed by atoms with Gasteiger partial charge in [-0.05, 0) is 31.9 Å². The molecule has 7 heteroatoms. The topological polar surface area (TPSA) is 66.9 Å². The Kier molecular flexibility index (Phi) is 5.18. The zero-order chi connectivity index (χ0) is 18.1. The van der Waals surface area contributed by atoms with E-state index in [1.807, 2.05) is 19.1 Å². The van der Waals surface area contributed by atoms with Gasteiger partial charge in [0.25, 0.3) is 0 Å². The third-order valence-electron chi connectivity index (χ3n) is 5.50. The van der Waals surface area contributed by atoms with Crippen molar-refractivity contribution in [2.24, 2.45) is 0 Å². The lowest BCUT2D eigenvalue weighted by Crippen LogP contribution is -2.60. The van der Waals surface area contributed by atoms with Crippen LogP contribution in [0.5, 0.6) is 0 Å². The molecule has 1 saturated carbocycles. The van der Waals surface area contributed by atoms with Gasteiger partial charge in [-0.3, -0.25) is 9.69 Å². The lowest BCUT2D eigenvalue weighted by molar-refractivity contribution is -0.156. The van der Waals surface area contributed by atoms with Gasteiger partial charge in [0, 0.05) is 26.2 Å². The molecule has 0 unspecified atom stereocenters. The lowest BCUT2D eigenvalue weighted by atomic mass is 9.94. The Morgan fingerprint density at radius 1 is 1.04 bits per heavy atom. The number of esters is 1. The summed E-state index contributed by atoms with van der Waals surface area (Å²) in [6, 6.07) is 6.94. The first-order chi connectivity index (χ1) is 11.9. The van der Waals surface area contributed by atoms with Crippen molar-refractivity contribution in [2.75, 3.05) is 33.3 Å². The van der Waals surface area contributed by atoms with Crippen molar-refractivity contribution in [2.45, 2.75) is 43.0 Å². The zero-order valence-corrected chi connectivity index (χ0v) is 15.7. The molecule has 0 N–H and O–H groups in total. The van der Waals surface area contributed by atoms with Gasteiger partial charge < -0.3 is 4.74 Å². The van der Waals surface area contributed by atoms with Crippen molar-refractivity contribution in [3.8, 4) is 0 Å². The van der Waals surface area contributed by atoms with Crippen molar-refractivity contribution in [3.05, 3.63) is 29.8 Å². The largest absolute Gasteiger partial charge is 0.468 e. The highest BCUT2D eigenvalue weighted by molar-refractivity contribution is 7.89. The molecule has 25 heavy (non-hydrogen) atoms. The molecule has 0 amide bonds. The van der Waals surface area contributed by atoms with Gasteiger partial charge in [-0.25, -0.2) is 8.42 Å². The molecule has 1 saturated heterocycles. The first-order valence-corrected chi connectivity index (χ1v) is 10.2. The summed E-state index contributed by atoms with van der Waals surface area (Å²) < 4.78 is 32.2. The summed E-state index contributed by atoms with van der Waals surface area (Å²) in [7, 11) is -2.05. The van der Waals surface area contributed by atoms with Gasteiger partial charge in [-0.15, -0.1) is 0 Å². The summed E-state index contributed by atoms with van der Waals surface area (Å²) in [5.41, 5.74) is 0.471. The molecule has 6 nitrogen and oxygen atoms in total. The fraction of sp³-hybridized carbons (Fsp3) is 0.611. The minimum Gasteiger partial charge on any atom is -0.468 e. The molecule has 1 aromatic carbocycles. The number of hydrogen-bond donors (Lipinski definition) is 0. The first kappa shape index (κ1) is 18.4. The molecule has 0 aromatic heterocycles. The third kappa shape index (κ3) is 3.32. The second-order valence-corrected chi connectivity index (χ2v) is 8.87. The molecule has 138 valence electrons. The standard InChI is InChI=1S/C18H26N2O4S/c1-15-5-7-16(8-6-15)25(22,23)20-13-11-19(12-14-20)18(17(21)24-2)9-3-4-10-18/h5-8H,3-4,9-14H2,1-2H3. The number of benzene rings is 1. The van der Waals surface area contributed by atoms with Crippen molar-refractivity contribution < 1.29 is 17.9 Å². The predicted octanol–water partition coefficient (Wildman–Crippen LogP) is 1.79. The quantitative estimate of drug-likeness (QED) is 0.760. The summed E-state index contributed by atoms with van der Waals surface area (Å²) in [6.07, 6.45) is 3.61. The van der Waals surface area contributed by atoms with Gasteiger partial charge in [0.2, 0.25) is 10.0 Å². The van der Waals surface area contributed by atoms with Crippen LogP contribution in [0, 0.1) is 6.92 Å². The molecular weight excluding hydrogens is 340 g/mol. The van der Waals surface area contributed by atoms with Gasteiger partial charge in [0.15, 0.2) is 0 Å². The number of piperazine rings is 1. The fourth-order valence-electron chi connectivity index (χ4n) is 4.02. The highest BCUT2D eigenvalue weighted by Crippen LogP contribution is 2.37. The van der Waals surface area contributed by atoms with Crippen LogP contribution in [0.25, 0.3) is 0 Å². The molecule has 0 bridgehead atoms. The van der Waals surface area contributed by atoms with Crippen LogP contribution in [0.1, 0.15) is 31.2 Å². The molecule has 0 atom stereocenters. The minimum atomic E-state index is -3.48. The maximum Gasteiger partial charge on any atom is 0.326 e. The lowest BCUT2D eigenvalue weighted by Gasteiger charge is -2.43. The molecule has 1 heterocycles. The van der Waals surface area contributed by atoms with Crippen LogP contribution in [0.2, 0.25) is 0 Å². The summed E-state index contributed by atoms with van der Waals surface area (Å²) in [6.45, 7) is 3.84. The van der Waals surface area contributed by atoms with E-state index in [4.69, 9.17) is 4.74 Å². The molecule has 1 aromatic rings. The molecule has 2 fully saturated rings. The molecule has 1 aliphatic heterocycles. The van der Waals surface area contributed by atoms with E-state index < -0.39 is 15.6 Å². The number of carbonyl (C=O) groups excluding carboxylic acids is 1. The van der Waals surface area contributed by atoms with Gasteiger partial charge in [0.1, 0.15) is 5.54 Å². The van der Waals surface area contributed by atoms with E-state index in [0.717, 1.165) is 31.2 Å². The van der Waals surface area contributed by atoms with Crippen molar-refractivity contribution in [1.82, 2.24) is 9.21 Å². The smallest absolute Gasteiger partial charge is 0.326 e. The van der Waals surface area contributed by atoms with E-state index in [1.165, 1.54) is 11.4 Å². The average Bonchev–Trinajstić information content (AvgIpc) is 3.12. The highest BCUT2D eigenvalue weighted by Gasteiger charge is 2.48. The van der Waals surface area contributed by atoms with Crippen molar-refractivity contribution >= 4 is 16.0 Å². The van der Waals surface area contributed by atoms with Crippen LogP contribution in [-0.4, -0.2) is 62.4 Å². The van der Waals surface area contributed by atoms with Crippen molar-refractivity contribution in [1.29, 1.82) is 0 Å². The number of ether oxygens (including phenoxy) is 1. The zero-order valence-electron chi connectivity index (χ0n) is 14.9. The molecule has 0 spiro atoms. The highest BCUT2D eigenvalue weighted by atomic mass is 32.2. The molecule has 1 aliphatic carbocycles. The van der Waals surface area contributed by atoms with E-state index >= 15 is 0 Å². The van der Waals surface area contributed by atoms with Gasteiger partial charge in [-0.1, -0.05) is 30.5 Å². The summed E-state index contributed by atoms with van der Waals surface area (Å²) in [4.78, 5) is 14.8. The molecule has 2 aliphatic rings. The maximum absolute atomic E-state index is 12.8. The summed E-state index contributed by atoms with van der Waals surface area (Å²) in [5, 5.41) is 0. The second kappa shape index (κ2) is 7.05. The minimum absolute atomic E-state index is 0.181. The Morgan fingerprint density at radius 2 is 1.60 bits per heavy atom. The Hall–Kier alpha value is -1.44. The van der Waals surface area contributed by atoms with Crippen LogP contribution in [0.15, 0.2) is 29.2 Å². The van der Waals surface area contributed by atoms with Crippen molar-refractivity contribution in [3.63, 3.8) is 0 Å². The number of methoxy groups -OCH3 is 1. The number of nitrogens with zero attached hydrogens (tertiary/aromatic N) is 2. The number of sulfonamides is 1. The van der Waals surface area contributed by atoms with Gasteiger partial charge >= 0.3 is 5.97 Å². The predicted molar refractivity (Wildman–Crippen MR) is 94.7 cm³/mol. The summed E-state index contributed by atoms with van der Waals surface area (Å²) in [5.74, 6) is -0.181. The number of aryl methyl sites for hydroxylation is 1. The first-order valence-electron chi connectivity index (χ1n) is 8.80. The third-order valence-corrected chi connectivity index (χ3v) is 7.41. The molecule has 3 rings (SSSR count). The molecule has 0 radical (unpaired) electrons. The van der Waals surface area contributed by atoms with E-state index in [-0.39, 0.29) is 5.97 Å². The number of hydrogen-bond acceptors (Lipinski definition) is 5. The maximum atomic E-state index is 12.8. The van der Waals surface area contributed by atoms with Crippen LogP contribution < -0.4 is 0 Å². The number of rotatable bonds is 4. The Bertz CT molecular complexity index is 716. The van der Waals surface area contributed by atoms with Gasteiger partial charge in [-0.2, -0.15) is 4.31 Å². The van der Waals surface area contributed by atoms with E-state index in [9.17, 15) is 13.2 Å². The monoisotopic (exact) mass is 366 g/mol. The average molecular weight is 366 g/mol. The van der Waals surface area contributed by atoms with Crippen LogP contribution >= 0.6 is 0 Å². The summed E-state index contributed by atoms with van der Waals surface area (Å²) >= 11 is 0.